The maximum absolute atomic E-state index is 10.6. The van der Waals surface area contributed by atoms with Crippen molar-refractivity contribution in [3.05, 3.63) is 35.9 Å². The number of hydrogen-bond acceptors (Lipinski definition) is 2. The lowest BCUT2D eigenvalue weighted by Gasteiger charge is -2.28. The summed E-state index contributed by atoms with van der Waals surface area (Å²) in [6.07, 6.45) is 2.97. The Morgan fingerprint density at radius 1 is 1.27 bits per heavy atom. The zero-order valence-corrected chi connectivity index (χ0v) is 9.66. The van der Waals surface area contributed by atoms with Crippen LogP contribution in [0.4, 0.5) is 0 Å². The van der Waals surface area contributed by atoms with Crippen LogP contribution in [-0.4, -0.2) is 18.7 Å². The Kier molecular flexibility index (Phi) is 4.79. The molecule has 0 aromatic heterocycles. The molecule has 1 aromatic rings. The third-order valence-corrected chi connectivity index (χ3v) is 2.72. The molecular formula is C13H21NO. The fourth-order valence-corrected chi connectivity index (χ4v) is 1.84. The van der Waals surface area contributed by atoms with Gasteiger partial charge in [-0.25, -0.2) is 0 Å². The van der Waals surface area contributed by atoms with Crippen LogP contribution < -0.4 is 5.32 Å². The fourth-order valence-electron chi connectivity index (χ4n) is 1.84. The van der Waals surface area contributed by atoms with E-state index < -0.39 is 5.60 Å². The lowest BCUT2D eigenvalue weighted by molar-refractivity contribution is 0.0274. The molecule has 2 heteroatoms. The molecule has 2 N–H and O–H groups in total. The van der Waals surface area contributed by atoms with Gasteiger partial charge in [-0.1, -0.05) is 50.1 Å². The van der Waals surface area contributed by atoms with E-state index in [1.807, 2.05) is 37.4 Å². The minimum atomic E-state index is -0.716. The van der Waals surface area contributed by atoms with Crippen molar-refractivity contribution in [3.63, 3.8) is 0 Å². The van der Waals surface area contributed by atoms with Crippen molar-refractivity contribution in [3.8, 4) is 0 Å². The van der Waals surface area contributed by atoms with Gasteiger partial charge in [-0.15, -0.1) is 0 Å². The van der Waals surface area contributed by atoms with Gasteiger partial charge in [0.2, 0.25) is 0 Å². The van der Waals surface area contributed by atoms with Crippen LogP contribution >= 0.6 is 0 Å². The van der Waals surface area contributed by atoms with E-state index in [9.17, 15) is 5.11 Å². The zero-order chi connectivity index (χ0) is 11.1. The van der Waals surface area contributed by atoms with E-state index in [2.05, 4.69) is 12.2 Å². The number of aliphatic hydroxyl groups is 1. The number of unbranched alkanes of at least 4 members (excludes halogenated alkanes) is 1. The Balaban J connectivity index is 2.80. The van der Waals surface area contributed by atoms with Gasteiger partial charge in [-0.05, 0) is 19.0 Å². The van der Waals surface area contributed by atoms with Gasteiger partial charge in [0, 0.05) is 6.54 Å². The summed E-state index contributed by atoms with van der Waals surface area (Å²) >= 11 is 0. The third kappa shape index (κ3) is 3.33. The van der Waals surface area contributed by atoms with E-state index in [-0.39, 0.29) is 0 Å². The number of hydrogen-bond donors (Lipinski definition) is 2. The molecule has 1 unspecified atom stereocenters. The van der Waals surface area contributed by atoms with E-state index in [0.29, 0.717) is 6.54 Å². The highest BCUT2D eigenvalue weighted by Crippen LogP contribution is 2.26. The largest absolute Gasteiger partial charge is 0.384 e. The van der Waals surface area contributed by atoms with Crippen LogP contribution in [0.15, 0.2) is 30.3 Å². The van der Waals surface area contributed by atoms with Crippen molar-refractivity contribution in [2.75, 3.05) is 13.6 Å². The molecule has 0 bridgehead atoms. The molecule has 0 fully saturated rings. The molecule has 0 aliphatic carbocycles. The Hall–Kier alpha value is -0.860. The van der Waals surface area contributed by atoms with Crippen molar-refractivity contribution in [2.45, 2.75) is 31.8 Å². The average molecular weight is 207 g/mol. The van der Waals surface area contributed by atoms with E-state index in [0.717, 1.165) is 24.8 Å². The first-order valence-electron chi connectivity index (χ1n) is 5.65. The molecular weight excluding hydrogens is 186 g/mol. The lowest BCUT2D eigenvalue weighted by Crippen LogP contribution is -2.36. The number of rotatable bonds is 6. The minimum Gasteiger partial charge on any atom is -0.384 e. The van der Waals surface area contributed by atoms with Gasteiger partial charge in [-0.3, -0.25) is 0 Å². The van der Waals surface area contributed by atoms with E-state index in [1.54, 1.807) is 0 Å². The smallest absolute Gasteiger partial charge is 0.102 e. The summed E-state index contributed by atoms with van der Waals surface area (Å²) in [4.78, 5) is 0. The highest BCUT2D eigenvalue weighted by Gasteiger charge is 2.27. The highest BCUT2D eigenvalue weighted by atomic mass is 16.3. The molecule has 15 heavy (non-hydrogen) atoms. The average Bonchev–Trinajstić information content (AvgIpc) is 2.28. The third-order valence-electron chi connectivity index (χ3n) is 2.72. The first kappa shape index (κ1) is 12.2. The summed E-state index contributed by atoms with van der Waals surface area (Å²) in [6.45, 7) is 2.75. The van der Waals surface area contributed by atoms with Crippen molar-refractivity contribution in [2.24, 2.45) is 0 Å². The SMILES string of the molecule is CCCCC(O)(CNC)c1ccccc1. The van der Waals surface area contributed by atoms with Gasteiger partial charge < -0.3 is 10.4 Å². The standard InChI is InChI=1S/C13H21NO/c1-3-4-10-13(15,11-14-2)12-8-6-5-7-9-12/h5-9,14-15H,3-4,10-11H2,1-2H3. The molecule has 0 spiro atoms. The van der Waals surface area contributed by atoms with Crippen molar-refractivity contribution in [1.82, 2.24) is 5.32 Å². The normalized spacial score (nSPS) is 14.9. The van der Waals surface area contributed by atoms with E-state index in [1.165, 1.54) is 0 Å². The molecule has 84 valence electrons. The van der Waals surface area contributed by atoms with Crippen LogP contribution in [-0.2, 0) is 5.60 Å². The molecule has 0 heterocycles. The van der Waals surface area contributed by atoms with Crippen molar-refractivity contribution in [1.29, 1.82) is 0 Å². The fraction of sp³-hybridized carbons (Fsp3) is 0.538. The van der Waals surface area contributed by atoms with Crippen LogP contribution in [0, 0.1) is 0 Å². The van der Waals surface area contributed by atoms with Crippen molar-refractivity contribution >= 4 is 0 Å². The molecule has 0 radical (unpaired) electrons. The summed E-state index contributed by atoms with van der Waals surface area (Å²) in [7, 11) is 1.87. The minimum absolute atomic E-state index is 0.608. The second-order valence-electron chi connectivity index (χ2n) is 4.03. The maximum atomic E-state index is 10.6. The molecule has 0 aliphatic rings. The second-order valence-corrected chi connectivity index (χ2v) is 4.03. The van der Waals surface area contributed by atoms with Gasteiger partial charge in [0.25, 0.3) is 0 Å². The highest BCUT2D eigenvalue weighted by molar-refractivity contribution is 5.22. The molecule has 2 nitrogen and oxygen atoms in total. The molecule has 1 rings (SSSR count). The number of likely N-dealkylation sites (N-methyl/N-ethyl adjacent to an activating group) is 1. The lowest BCUT2D eigenvalue weighted by atomic mass is 9.88. The first-order chi connectivity index (χ1) is 7.23. The van der Waals surface area contributed by atoms with Gasteiger partial charge in [-0.2, -0.15) is 0 Å². The summed E-state index contributed by atoms with van der Waals surface area (Å²) in [5.41, 5.74) is 0.291. The summed E-state index contributed by atoms with van der Waals surface area (Å²) in [5, 5.41) is 13.6. The van der Waals surface area contributed by atoms with Crippen molar-refractivity contribution < 1.29 is 5.11 Å². The second kappa shape index (κ2) is 5.89. The Labute approximate surface area is 92.3 Å². The zero-order valence-electron chi connectivity index (χ0n) is 9.66. The Morgan fingerprint density at radius 2 is 1.93 bits per heavy atom. The summed E-state index contributed by atoms with van der Waals surface area (Å²) in [6, 6.07) is 9.91. The predicted octanol–water partition coefficient (Wildman–Crippen LogP) is 2.28. The molecule has 0 aliphatic heterocycles. The van der Waals surface area contributed by atoms with Crippen LogP contribution in [0.25, 0.3) is 0 Å². The molecule has 0 amide bonds. The molecule has 0 saturated heterocycles. The van der Waals surface area contributed by atoms with Crippen LogP contribution in [0.1, 0.15) is 31.7 Å². The molecule has 0 saturated carbocycles. The van der Waals surface area contributed by atoms with Gasteiger partial charge in [0.1, 0.15) is 5.60 Å². The Bertz CT molecular complexity index is 273. The van der Waals surface area contributed by atoms with E-state index >= 15 is 0 Å². The maximum Gasteiger partial charge on any atom is 0.102 e. The topological polar surface area (TPSA) is 32.3 Å². The van der Waals surface area contributed by atoms with Crippen LogP contribution in [0.3, 0.4) is 0 Å². The van der Waals surface area contributed by atoms with Crippen LogP contribution in [0.5, 0.6) is 0 Å². The summed E-state index contributed by atoms with van der Waals surface area (Å²) in [5.74, 6) is 0. The number of nitrogens with one attached hydrogen (secondary N) is 1. The van der Waals surface area contributed by atoms with Gasteiger partial charge in [0.05, 0.1) is 0 Å². The molecule has 1 atom stereocenters. The predicted molar refractivity (Wildman–Crippen MR) is 63.8 cm³/mol. The molecule has 1 aromatic carbocycles. The number of benzene rings is 1. The summed E-state index contributed by atoms with van der Waals surface area (Å²) < 4.78 is 0. The quantitative estimate of drug-likeness (QED) is 0.750. The monoisotopic (exact) mass is 207 g/mol. The van der Waals surface area contributed by atoms with Gasteiger partial charge >= 0.3 is 0 Å². The first-order valence-corrected chi connectivity index (χ1v) is 5.65. The van der Waals surface area contributed by atoms with Crippen LogP contribution in [0.2, 0.25) is 0 Å². The Morgan fingerprint density at radius 3 is 2.47 bits per heavy atom. The van der Waals surface area contributed by atoms with E-state index in [4.69, 9.17) is 0 Å². The van der Waals surface area contributed by atoms with Gasteiger partial charge in [0.15, 0.2) is 0 Å².